The summed E-state index contributed by atoms with van der Waals surface area (Å²) in [6.07, 6.45) is 8.93. The molecule has 1 saturated carbocycles. The number of aromatic nitrogens is 1. The highest BCUT2D eigenvalue weighted by Gasteiger charge is 2.17. The number of rotatable bonds is 8. The van der Waals surface area contributed by atoms with Crippen molar-refractivity contribution in [2.75, 3.05) is 13.6 Å². The molecule has 0 amide bonds. The molecule has 2 rings (SSSR count). The summed E-state index contributed by atoms with van der Waals surface area (Å²) in [6, 6.07) is 1.68. The van der Waals surface area contributed by atoms with Crippen LogP contribution in [0.3, 0.4) is 0 Å². The second-order valence-electron chi connectivity index (χ2n) is 5.58. The molecule has 6 heteroatoms. The molecular formula is C14H25N3O2S. The number of H-pyrrole nitrogens is 1. The molecule has 0 saturated heterocycles. The van der Waals surface area contributed by atoms with Crippen LogP contribution < -0.4 is 10.0 Å². The van der Waals surface area contributed by atoms with Crippen molar-refractivity contribution >= 4 is 10.0 Å². The molecule has 0 bridgehead atoms. The van der Waals surface area contributed by atoms with Crippen LogP contribution in [0.15, 0.2) is 17.2 Å². The minimum atomic E-state index is -3.36. The van der Waals surface area contributed by atoms with Gasteiger partial charge in [0.25, 0.3) is 0 Å². The Morgan fingerprint density at radius 2 is 2.10 bits per heavy atom. The van der Waals surface area contributed by atoms with Gasteiger partial charge in [0.2, 0.25) is 10.0 Å². The van der Waals surface area contributed by atoms with E-state index in [2.05, 4.69) is 15.0 Å². The van der Waals surface area contributed by atoms with Crippen molar-refractivity contribution < 1.29 is 8.42 Å². The molecule has 1 aliphatic rings. The Morgan fingerprint density at radius 3 is 2.80 bits per heavy atom. The summed E-state index contributed by atoms with van der Waals surface area (Å²) in [6.45, 7) is 1.17. The largest absolute Gasteiger partial charge is 0.363 e. The molecule has 1 aromatic heterocycles. The van der Waals surface area contributed by atoms with Gasteiger partial charge in [-0.3, -0.25) is 0 Å². The van der Waals surface area contributed by atoms with Gasteiger partial charge in [-0.1, -0.05) is 25.7 Å². The summed E-state index contributed by atoms with van der Waals surface area (Å²) in [4.78, 5) is 3.29. The lowest BCUT2D eigenvalue weighted by molar-refractivity contribution is 0.480. The Morgan fingerprint density at radius 1 is 1.35 bits per heavy atom. The first-order valence-electron chi connectivity index (χ1n) is 7.43. The van der Waals surface area contributed by atoms with Crippen molar-refractivity contribution in [2.24, 2.45) is 5.92 Å². The van der Waals surface area contributed by atoms with E-state index < -0.39 is 10.0 Å². The van der Waals surface area contributed by atoms with Crippen LogP contribution in [-0.4, -0.2) is 27.0 Å². The van der Waals surface area contributed by atoms with Gasteiger partial charge in [0, 0.05) is 25.0 Å². The Bertz CT molecular complexity index is 504. The molecule has 0 radical (unpaired) electrons. The average molecular weight is 299 g/mol. The summed E-state index contributed by atoms with van der Waals surface area (Å²) < 4.78 is 26.9. The van der Waals surface area contributed by atoms with Gasteiger partial charge in [0.05, 0.1) is 4.90 Å². The van der Waals surface area contributed by atoms with Crippen LogP contribution in [0.25, 0.3) is 0 Å². The molecule has 0 unspecified atom stereocenters. The normalized spacial score (nSPS) is 16.9. The van der Waals surface area contributed by atoms with Gasteiger partial charge < -0.3 is 10.3 Å². The summed E-state index contributed by atoms with van der Waals surface area (Å²) in [5.41, 5.74) is 0.874. The van der Waals surface area contributed by atoms with Crippen molar-refractivity contribution in [3.63, 3.8) is 0 Å². The summed E-state index contributed by atoms with van der Waals surface area (Å²) in [5, 5.41) is 2.99. The molecule has 1 fully saturated rings. The van der Waals surface area contributed by atoms with Crippen molar-refractivity contribution in [1.29, 1.82) is 0 Å². The van der Waals surface area contributed by atoms with Gasteiger partial charge in [-0.15, -0.1) is 0 Å². The molecule has 114 valence electrons. The van der Waals surface area contributed by atoms with Gasteiger partial charge >= 0.3 is 0 Å². The molecule has 5 nitrogen and oxygen atoms in total. The Hall–Kier alpha value is -0.850. The SMILES string of the molecule is CNCc1cc(S(=O)(=O)NCCCC2CCCC2)c[nH]1. The minimum absolute atomic E-state index is 0.323. The van der Waals surface area contributed by atoms with Gasteiger partial charge in [0.15, 0.2) is 0 Å². The predicted molar refractivity (Wildman–Crippen MR) is 79.9 cm³/mol. The highest BCUT2D eigenvalue weighted by Crippen LogP contribution is 2.28. The Balaban J connectivity index is 1.77. The van der Waals surface area contributed by atoms with E-state index in [1.165, 1.54) is 25.7 Å². The van der Waals surface area contributed by atoms with E-state index in [9.17, 15) is 8.42 Å². The predicted octanol–water partition coefficient (Wildman–Crippen LogP) is 1.98. The first-order chi connectivity index (χ1) is 9.62. The van der Waals surface area contributed by atoms with Gasteiger partial charge in [-0.2, -0.15) is 0 Å². The first-order valence-corrected chi connectivity index (χ1v) is 8.91. The number of nitrogens with one attached hydrogen (secondary N) is 3. The van der Waals surface area contributed by atoms with Crippen LogP contribution in [-0.2, 0) is 16.6 Å². The van der Waals surface area contributed by atoms with Crippen molar-refractivity contribution in [1.82, 2.24) is 15.0 Å². The van der Waals surface area contributed by atoms with Crippen molar-refractivity contribution in [3.05, 3.63) is 18.0 Å². The molecule has 0 spiro atoms. The third-order valence-electron chi connectivity index (χ3n) is 3.95. The fourth-order valence-electron chi connectivity index (χ4n) is 2.85. The van der Waals surface area contributed by atoms with Gasteiger partial charge in [-0.05, 0) is 31.9 Å². The number of hydrogen-bond donors (Lipinski definition) is 3. The van der Waals surface area contributed by atoms with E-state index in [4.69, 9.17) is 0 Å². The molecule has 20 heavy (non-hydrogen) atoms. The maximum Gasteiger partial charge on any atom is 0.242 e. The van der Waals surface area contributed by atoms with Crippen LogP contribution in [0.5, 0.6) is 0 Å². The zero-order valence-corrected chi connectivity index (χ0v) is 12.9. The maximum atomic E-state index is 12.1. The molecule has 1 aromatic rings. The van der Waals surface area contributed by atoms with Gasteiger partial charge in [0.1, 0.15) is 0 Å². The van der Waals surface area contributed by atoms with Crippen LogP contribution >= 0.6 is 0 Å². The second kappa shape index (κ2) is 7.24. The molecule has 0 aliphatic heterocycles. The zero-order chi connectivity index (χ0) is 14.4. The summed E-state index contributed by atoms with van der Waals surface area (Å²) >= 11 is 0. The van der Waals surface area contributed by atoms with Crippen LogP contribution in [0.4, 0.5) is 0 Å². The number of sulfonamides is 1. The van der Waals surface area contributed by atoms with Crippen LogP contribution in [0.2, 0.25) is 0 Å². The summed E-state index contributed by atoms with van der Waals surface area (Å²) in [7, 11) is -1.53. The van der Waals surface area contributed by atoms with E-state index in [1.54, 1.807) is 12.3 Å². The maximum absolute atomic E-state index is 12.1. The monoisotopic (exact) mass is 299 g/mol. The van der Waals surface area contributed by atoms with Crippen molar-refractivity contribution in [2.45, 2.75) is 50.0 Å². The Labute approximate surface area is 121 Å². The van der Waals surface area contributed by atoms with E-state index >= 15 is 0 Å². The summed E-state index contributed by atoms with van der Waals surface area (Å²) in [5.74, 6) is 0.814. The van der Waals surface area contributed by atoms with E-state index in [0.717, 1.165) is 24.5 Å². The molecule has 1 heterocycles. The second-order valence-corrected chi connectivity index (χ2v) is 7.35. The lowest BCUT2D eigenvalue weighted by atomic mass is 10.0. The van der Waals surface area contributed by atoms with Gasteiger partial charge in [-0.25, -0.2) is 13.1 Å². The Kier molecular flexibility index (Phi) is 5.63. The first kappa shape index (κ1) is 15.5. The fourth-order valence-corrected chi connectivity index (χ4v) is 3.94. The molecule has 1 aliphatic carbocycles. The zero-order valence-electron chi connectivity index (χ0n) is 12.1. The van der Waals surface area contributed by atoms with Crippen LogP contribution in [0, 0.1) is 5.92 Å². The number of aromatic amines is 1. The van der Waals surface area contributed by atoms with Crippen LogP contribution in [0.1, 0.15) is 44.2 Å². The molecular weight excluding hydrogens is 274 g/mol. The lowest BCUT2D eigenvalue weighted by Gasteiger charge is -2.09. The smallest absolute Gasteiger partial charge is 0.242 e. The molecule has 0 aromatic carbocycles. The van der Waals surface area contributed by atoms with E-state index in [1.807, 2.05) is 7.05 Å². The average Bonchev–Trinajstić information content (AvgIpc) is 3.06. The standard InChI is InChI=1S/C14H25N3O2S/c1-15-10-13-9-14(11-16-13)20(18,19)17-8-4-7-12-5-2-3-6-12/h9,11-12,15-17H,2-8,10H2,1H3. The fraction of sp³-hybridized carbons (Fsp3) is 0.714. The third-order valence-corrected chi connectivity index (χ3v) is 5.39. The highest BCUT2D eigenvalue weighted by molar-refractivity contribution is 7.89. The molecule has 3 N–H and O–H groups in total. The molecule has 0 atom stereocenters. The lowest BCUT2D eigenvalue weighted by Crippen LogP contribution is -2.24. The number of hydrogen-bond acceptors (Lipinski definition) is 3. The highest BCUT2D eigenvalue weighted by atomic mass is 32.2. The quantitative estimate of drug-likeness (QED) is 0.643. The van der Waals surface area contributed by atoms with Crippen molar-refractivity contribution in [3.8, 4) is 0 Å². The van der Waals surface area contributed by atoms with E-state index in [-0.39, 0.29) is 0 Å². The third kappa shape index (κ3) is 4.33. The van der Waals surface area contributed by atoms with E-state index in [0.29, 0.717) is 18.0 Å². The topological polar surface area (TPSA) is 74.0 Å². The minimum Gasteiger partial charge on any atom is -0.363 e.